The minimum atomic E-state index is -0.823. The zero-order chi connectivity index (χ0) is 15.6. The van der Waals surface area contributed by atoms with Gasteiger partial charge in [-0.15, -0.1) is 0 Å². The van der Waals surface area contributed by atoms with Crippen molar-refractivity contribution >= 4 is 21.6 Å². The van der Waals surface area contributed by atoms with Crippen LogP contribution in [0.5, 0.6) is 11.5 Å². The summed E-state index contributed by atoms with van der Waals surface area (Å²) in [6.45, 7) is 1.62. The van der Waals surface area contributed by atoms with E-state index in [1.807, 2.05) is 0 Å². The van der Waals surface area contributed by atoms with E-state index in [4.69, 9.17) is 4.74 Å². The van der Waals surface area contributed by atoms with Crippen LogP contribution in [0.4, 0.5) is 10.1 Å². The first-order valence-electron chi connectivity index (χ1n) is 5.98. The van der Waals surface area contributed by atoms with Crippen LogP contribution in [0.1, 0.15) is 18.6 Å². The SMILES string of the molecule is CC(O)c1ccc(Oc2ccc([N+](=O)[O-])cc2F)c(Br)c1. The second kappa shape index (κ2) is 6.19. The molecule has 2 aromatic rings. The molecule has 0 saturated carbocycles. The number of nitrogens with zero attached hydrogens (tertiary/aromatic N) is 1. The van der Waals surface area contributed by atoms with E-state index in [0.29, 0.717) is 15.8 Å². The van der Waals surface area contributed by atoms with E-state index in [0.717, 1.165) is 12.1 Å². The molecule has 0 aliphatic rings. The summed E-state index contributed by atoms with van der Waals surface area (Å²) < 4.78 is 19.7. The molecule has 1 N–H and O–H groups in total. The van der Waals surface area contributed by atoms with Crippen LogP contribution >= 0.6 is 15.9 Å². The number of aliphatic hydroxyl groups is 1. The van der Waals surface area contributed by atoms with Crippen LogP contribution in [0.3, 0.4) is 0 Å². The Labute approximate surface area is 128 Å². The van der Waals surface area contributed by atoms with Gasteiger partial charge < -0.3 is 9.84 Å². The van der Waals surface area contributed by atoms with Crippen LogP contribution < -0.4 is 4.74 Å². The van der Waals surface area contributed by atoms with E-state index in [-0.39, 0.29) is 11.4 Å². The number of benzene rings is 2. The summed E-state index contributed by atoms with van der Waals surface area (Å²) in [7, 11) is 0. The standard InChI is InChI=1S/C14H11BrFNO4/c1-8(18)9-2-4-13(11(15)6-9)21-14-5-3-10(17(19)20)7-12(14)16/h2-8,18H,1H3. The molecule has 0 radical (unpaired) electrons. The van der Waals surface area contributed by atoms with Gasteiger partial charge in [-0.1, -0.05) is 6.07 Å². The molecule has 21 heavy (non-hydrogen) atoms. The highest BCUT2D eigenvalue weighted by atomic mass is 79.9. The van der Waals surface area contributed by atoms with Crippen LogP contribution in [0.25, 0.3) is 0 Å². The Morgan fingerprint density at radius 1 is 1.29 bits per heavy atom. The van der Waals surface area contributed by atoms with Crippen molar-refractivity contribution in [2.45, 2.75) is 13.0 Å². The van der Waals surface area contributed by atoms with Crippen molar-refractivity contribution in [2.75, 3.05) is 0 Å². The second-order valence-corrected chi connectivity index (χ2v) is 5.19. The summed E-state index contributed by atoms with van der Waals surface area (Å²) in [5, 5.41) is 20.0. The Morgan fingerprint density at radius 2 is 1.95 bits per heavy atom. The van der Waals surface area contributed by atoms with E-state index >= 15 is 0 Å². The number of nitro benzene ring substituents is 1. The minimum Gasteiger partial charge on any atom is -0.453 e. The van der Waals surface area contributed by atoms with Crippen LogP contribution in [-0.4, -0.2) is 10.0 Å². The van der Waals surface area contributed by atoms with Crippen molar-refractivity contribution < 1.29 is 19.2 Å². The third kappa shape index (κ3) is 3.56. The lowest BCUT2D eigenvalue weighted by molar-refractivity contribution is -0.385. The summed E-state index contributed by atoms with van der Waals surface area (Å²) >= 11 is 3.27. The van der Waals surface area contributed by atoms with Crippen LogP contribution in [0.2, 0.25) is 0 Å². The third-order valence-electron chi connectivity index (χ3n) is 2.78. The zero-order valence-corrected chi connectivity index (χ0v) is 12.5. The molecule has 0 heterocycles. The molecule has 2 aromatic carbocycles. The molecule has 110 valence electrons. The molecular weight excluding hydrogens is 345 g/mol. The van der Waals surface area contributed by atoms with Crippen molar-refractivity contribution in [3.05, 3.63) is 62.4 Å². The number of aliphatic hydroxyl groups excluding tert-OH is 1. The Bertz CT molecular complexity index is 691. The number of non-ortho nitro benzene ring substituents is 1. The van der Waals surface area contributed by atoms with Crippen molar-refractivity contribution in [3.63, 3.8) is 0 Å². The van der Waals surface area contributed by atoms with Crippen LogP contribution in [-0.2, 0) is 0 Å². The Morgan fingerprint density at radius 3 is 2.48 bits per heavy atom. The number of hydrogen-bond acceptors (Lipinski definition) is 4. The van der Waals surface area contributed by atoms with Gasteiger partial charge >= 0.3 is 0 Å². The van der Waals surface area contributed by atoms with Gasteiger partial charge in [0.25, 0.3) is 5.69 Å². The molecule has 0 spiro atoms. The molecule has 1 atom stereocenters. The van der Waals surface area contributed by atoms with Gasteiger partial charge in [0.2, 0.25) is 0 Å². The van der Waals surface area contributed by atoms with Gasteiger partial charge in [-0.2, -0.15) is 0 Å². The quantitative estimate of drug-likeness (QED) is 0.653. The van der Waals surface area contributed by atoms with Gasteiger partial charge in [0.1, 0.15) is 5.75 Å². The third-order valence-corrected chi connectivity index (χ3v) is 3.40. The average molecular weight is 356 g/mol. The smallest absolute Gasteiger partial charge is 0.272 e. The topological polar surface area (TPSA) is 72.6 Å². The Kier molecular flexibility index (Phi) is 4.54. The molecule has 2 rings (SSSR count). The number of rotatable bonds is 4. The molecule has 0 saturated heterocycles. The Balaban J connectivity index is 2.28. The van der Waals surface area contributed by atoms with Gasteiger partial charge in [-0.25, -0.2) is 4.39 Å². The summed E-state index contributed by atoms with van der Waals surface area (Å²) in [6, 6.07) is 8.04. The fourth-order valence-electron chi connectivity index (χ4n) is 1.66. The number of nitro groups is 1. The van der Waals surface area contributed by atoms with E-state index in [2.05, 4.69) is 15.9 Å². The first-order valence-corrected chi connectivity index (χ1v) is 6.77. The molecule has 7 heteroatoms. The highest BCUT2D eigenvalue weighted by Gasteiger charge is 2.14. The van der Waals surface area contributed by atoms with Gasteiger partial charge in [0, 0.05) is 6.07 Å². The normalized spacial score (nSPS) is 12.0. The molecule has 0 fully saturated rings. The fourth-order valence-corrected chi connectivity index (χ4v) is 2.14. The van der Waals surface area contributed by atoms with Crippen LogP contribution in [0, 0.1) is 15.9 Å². The number of ether oxygens (including phenoxy) is 1. The largest absolute Gasteiger partial charge is 0.453 e. The lowest BCUT2D eigenvalue weighted by Gasteiger charge is -2.11. The van der Waals surface area contributed by atoms with Gasteiger partial charge in [0.15, 0.2) is 11.6 Å². The summed E-state index contributed by atoms with van der Waals surface area (Å²) in [6.07, 6.45) is -0.633. The lowest BCUT2D eigenvalue weighted by atomic mass is 10.1. The predicted molar refractivity (Wildman–Crippen MR) is 77.9 cm³/mol. The van der Waals surface area contributed by atoms with E-state index < -0.39 is 16.8 Å². The minimum absolute atomic E-state index is 0.119. The second-order valence-electron chi connectivity index (χ2n) is 4.34. The zero-order valence-electron chi connectivity index (χ0n) is 10.9. The molecule has 0 aliphatic heterocycles. The number of hydrogen-bond donors (Lipinski definition) is 1. The maximum atomic E-state index is 13.8. The molecule has 0 bridgehead atoms. The average Bonchev–Trinajstić information content (AvgIpc) is 2.42. The summed E-state index contributed by atoms with van der Waals surface area (Å²) in [5.74, 6) is -0.603. The first kappa shape index (κ1) is 15.4. The van der Waals surface area contributed by atoms with Crippen molar-refractivity contribution in [2.24, 2.45) is 0 Å². The molecule has 0 amide bonds. The molecular formula is C14H11BrFNO4. The highest BCUT2D eigenvalue weighted by molar-refractivity contribution is 9.10. The van der Waals surface area contributed by atoms with Crippen LogP contribution in [0.15, 0.2) is 40.9 Å². The fraction of sp³-hybridized carbons (Fsp3) is 0.143. The van der Waals surface area contributed by atoms with Crippen molar-refractivity contribution in [3.8, 4) is 11.5 Å². The van der Waals surface area contributed by atoms with Gasteiger partial charge in [-0.05, 0) is 46.6 Å². The summed E-state index contributed by atoms with van der Waals surface area (Å²) in [5.41, 5.74) is 0.335. The Hall–Kier alpha value is -1.99. The van der Waals surface area contributed by atoms with Crippen molar-refractivity contribution in [1.29, 1.82) is 0 Å². The lowest BCUT2D eigenvalue weighted by Crippen LogP contribution is -1.95. The number of halogens is 2. The highest BCUT2D eigenvalue weighted by Crippen LogP contribution is 2.34. The maximum absolute atomic E-state index is 13.8. The van der Waals surface area contributed by atoms with E-state index in [9.17, 15) is 19.6 Å². The van der Waals surface area contributed by atoms with Crippen molar-refractivity contribution in [1.82, 2.24) is 0 Å². The first-order chi connectivity index (χ1) is 9.88. The summed E-state index contributed by atoms with van der Waals surface area (Å²) in [4.78, 5) is 9.86. The predicted octanol–water partition coefficient (Wildman–Crippen LogP) is 4.34. The molecule has 5 nitrogen and oxygen atoms in total. The van der Waals surface area contributed by atoms with Gasteiger partial charge in [-0.3, -0.25) is 10.1 Å². The van der Waals surface area contributed by atoms with Gasteiger partial charge in [0.05, 0.1) is 21.6 Å². The molecule has 0 aliphatic carbocycles. The van der Waals surface area contributed by atoms with E-state index in [1.54, 1.807) is 25.1 Å². The molecule has 1 unspecified atom stereocenters. The maximum Gasteiger partial charge on any atom is 0.272 e. The van der Waals surface area contributed by atoms with E-state index in [1.165, 1.54) is 6.07 Å². The monoisotopic (exact) mass is 355 g/mol. The molecule has 0 aromatic heterocycles.